The normalized spacial score (nSPS) is 14.8. The highest BCUT2D eigenvalue weighted by Crippen LogP contribution is 2.14. The summed E-state index contributed by atoms with van der Waals surface area (Å²) in [6.45, 7) is 1.09. The first kappa shape index (κ1) is 19.1. The second kappa shape index (κ2) is 8.81. The predicted molar refractivity (Wildman–Crippen MR) is 102 cm³/mol. The number of amides is 2. The number of benzene rings is 1. The Balaban J connectivity index is 1.42. The molecular weight excluding hydrogens is 368 g/mol. The van der Waals surface area contributed by atoms with Crippen LogP contribution in [-0.2, 0) is 11.2 Å². The van der Waals surface area contributed by atoms with Crippen LogP contribution in [-0.4, -0.2) is 46.0 Å². The highest BCUT2D eigenvalue weighted by molar-refractivity contribution is 6.30. The number of aryl methyl sites for hydroxylation is 1. The van der Waals surface area contributed by atoms with Crippen LogP contribution in [0.1, 0.15) is 35.3 Å². The lowest BCUT2D eigenvalue weighted by Crippen LogP contribution is -2.46. The van der Waals surface area contributed by atoms with Gasteiger partial charge in [-0.15, -0.1) is 0 Å². The van der Waals surface area contributed by atoms with Crippen LogP contribution in [0.4, 0.5) is 0 Å². The highest BCUT2D eigenvalue weighted by Gasteiger charge is 2.25. The van der Waals surface area contributed by atoms with Gasteiger partial charge in [-0.2, -0.15) is 5.10 Å². The molecule has 1 fully saturated rings. The Morgan fingerprint density at radius 1 is 1.15 bits per heavy atom. The van der Waals surface area contributed by atoms with Crippen molar-refractivity contribution in [2.24, 2.45) is 0 Å². The van der Waals surface area contributed by atoms with E-state index in [-0.39, 0.29) is 29.1 Å². The molecule has 0 spiro atoms. The molecule has 1 saturated heterocycles. The Morgan fingerprint density at radius 2 is 1.85 bits per heavy atom. The van der Waals surface area contributed by atoms with Gasteiger partial charge in [-0.25, -0.2) is 5.10 Å². The number of carbonyl (C=O) groups is 2. The van der Waals surface area contributed by atoms with E-state index in [1.807, 2.05) is 24.3 Å². The second-order valence-corrected chi connectivity index (χ2v) is 7.00. The van der Waals surface area contributed by atoms with E-state index in [1.165, 1.54) is 12.1 Å². The maximum atomic E-state index is 12.4. The van der Waals surface area contributed by atoms with E-state index in [9.17, 15) is 14.4 Å². The summed E-state index contributed by atoms with van der Waals surface area (Å²) in [6.07, 6.45) is 2.48. The van der Waals surface area contributed by atoms with E-state index in [4.69, 9.17) is 11.6 Å². The largest absolute Gasteiger partial charge is 0.353 e. The Kier molecular flexibility index (Phi) is 6.24. The summed E-state index contributed by atoms with van der Waals surface area (Å²) >= 11 is 5.86. The number of H-pyrrole nitrogens is 1. The van der Waals surface area contributed by atoms with Gasteiger partial charge in [0, 0.05) is 36.6 Å². The smallest absolute Gasteiger partial charge is 0.274 e. The van der Waals surface area contributed by atoms with Gasteiger partial charge in [-0.3, -0.25) is 14.4 Å². The van der Waals surface area contributed by atoms with E-state index < -0.39 is 0 Å². The highest BCUT2D eigenvalue weighted by atomic mass is 35.5. The second-order valence-electron chi connectivity index (χ2n) is 6.57. The maximum Gasteiger partial charge on any atom is 0.274 e. The number of hydrogen-bond donors (Lipinski definition) is 2. The summed E-state index contributed by atoms with van der Waals surface area (Å²) in [7, 11) is 0. The number of piperidine rings is 1. The molecule has 142 valence electrons. The van der Waals surface area contributed by atoms with Gasteiger partial charge in [-0.1, -0.05) is 23.7 Å². The fourth-order valence-corrected chi connectivity index (χ4v) is 3.19. The molecule has 27 heavy (non-hydrogen) atoms. The SMILES string of the molecule is O=C(CCc1ccc(Cl)cc1)NC1CCN(C(=O)c2ccc(=O)[nH]n2)CC1. The summed E-state index contributed by atoms with van der Waals surface area (Å²) in [5.74, 6) is -0.198. The molecule has 7 nitrogen and oxygen atoms in total. The molecule has 0 unspecified atom stereocenters. The molecule has 2 aromatic rings. The van der Waals surface area contributed by atoms with Crippen molar-refractivity contribution in [1.82, 2.24) is 20.4 Å². The molecule has 0 atom stereocenters. The van der Waals surface area contributed by atoms with Crippen molar-refractivity contribution in [1.29, 1.82) is 0 Å². The maximum absolute atomic E-state index is 12.4. The third kappa shape index (κ3) is 5.40. The summed E-state index contributed by atoms with van der Waals surface area (Å²) in [6, 6.07) is 10.3. The topological polar surface area (TPSA) is 95.2 Å². The zero-order valence-corrected chi connectivity index (χ0v) is 15.5. The molecule has 0 aliphatic carbocycles. The lowest BCUT2D eigenvalue weighted by molar-refractivity contribution is -0.122. The van der Waals surface area contributed by atoms with E-state index in [2.05, 4.69) is 15.5 Å². The van der Waals surface area contributed by atoms with Gasteiger partial charge in [-0.05, 0) is 43.0 Å². The minimum atomic E-state index is -0.341. The number of aromatic amines is 1. The monoisotopic (exact) mass is 388 g/mol. The van der Waals surface area contributed by atoms with Crippen LogP contribution in [0, 0.1) is 0 Å². The Labute approximate surface area is 161 Å². The Bertz CT molecular complexity index is 838. The Morgan fingerprint density at radius 3 is 2.48 bits per heavy atom. The van der Waals surface area contributed by atoms with Crippen LogP contribution in [0.25, 0.3) is 0 Å². The number of hydrogen-bond acceptors (Lipinski definition) is 4. The van der Waals surface area contributed by atoms with Gasteiger partial charge in [0.2, 0.25) is 5.91 Å². The van der Waals surface area contributed by atoms with Crippen LogP contribution >= 0.6 is 11.6 Å². The minimum absolute atomic E-state index is 0.0111. The van der Waals surface area contributed by atoms with Crippen molar-refractivity contribution in [2.45, 2.75) is 31.7 Å². The van der Waals surface area contributed by atoms with E-state index in [0.29, 0.717) is 43.8 Å². The van der Waals surface area contributed by atoms with Gasteiger partial charge in [0.05, 0.1) is 0 Å². The number of aromatic nitrogens is 2. The summed E-state index contributed by atoms with van der Waals surface area (Å²) in [5, 5.41) is 9.76. The standard InChI is InChI=1S/C19H21ClN4O3/c20-14-4-1-13(2-5-14)3-7-17(25)21-15-9-11-24(12-10-15)19(27)16-6-8-18(26)23-22-16/h1-2,4-6,8,15H,3,7,9-12H2,(H,21,25)(H,23,26). The molecule has 0 radical (unpaired) electrons. The van der Waals surface area contributed by atoms with Crippen molar-refractivity contribution in [3.8, 4) is 0 Å². The number of carbonyl (C=O) groups excluding carboxylic acids is 2. The van der Waals surface area contributed by atoms with Gasteiger partial charge in [0.25, 0.3) is 11.5 Å². The molecule has 3 rings (SSSR count). The van der Waals surface area contributed by atoms with Crippen LogP contribution < -0.4 is 10.9 Å². The first-order chi connectivity index (χ1) is 13.0. The van der Waals surface area contributed by atoms with E-state index >= 15 is 0 Å². The number of halogens is 1. The van der Waals surface area contributed by atoms with Gasteiger partial charge in [0.1, 0.15) is 5.69 Å². The van der Waals surface area contributed by atoms with Crippen molar-refractivity contribution in [3.05, 3.63) is 63.0 Å². The first-order valence-electron chi connectivity index (χ1n) is 8.90. The molecule has 2 N–H and O–H groups in total. The lowest BCUT2D eigenvalue weighted by Gasteiger charge is -2.32. The van der Waals surface area contributed by atoms with E-state index in [0.717, 1.165) is 5.56 Å². The van der Waals surface area contributed by atoms with Crippen molar-refractivity contribution in [2.75, 3.05) is 13.1 Å². The van der Waals surface area contributed by atoms with Crippen LogP contribution in [0.3, 0.4) is 0 Å². The predicted octanol–water partition coefficient (Wildman–Crippen LogP) is 1.78. The van der Waals surface area contributed by atoms with Gasteiger partial charge < -0.3 is 10.2 Å². The lowest BCUT2D eigenvalue weighted by atomic mass is 10.0. The number of likely N-dealkylation sites (tertiary alicyclic amines) is 1. The quantitative estimate of drug-likeness (QED) is 0.816. The summed E-state index contributed by atoms with van der Waals surface area (Å²) in [4.78, 5) is 37.3. The zero-order valence-electron chi connectivity index (χ0n) is 14.8. The van der Waals surface area contributed by atoms with Crippen molar-refractivity contribution >= 4 is 23.4 Å². The molecule has 1 aliphatic heterocycles. The molecule has 0 saturated carbocycles. The average Bonchev–Trinajstić information content (AvgIpc) is 2.68. The molecule has 2 amide bonds. The molecule has 1 aromatic carbocycles. The van der Waals surface area contributed by atoms with Crippen LogP contribution in [0.2, 0.25) is 5.02 Å². The molecule has 1 aliphatic rings. The van der Waals surface area contributed by atoms with Crippen LogP contribution in [0.15, 0.2) is 41.2 Å². The average molecular weight is 389 g/mol. The van der Waals surface area contributed by atoms with Crippen molar-refractivity contribution in [3.63, 3.8) is 0 Å². The minimum Gasteiger partial charge on any atom is -0.353 e. The Hall–Kier alpha value is -2.67. The third-order valence-electron chi connectivity index (χ3n) is 4.60. The van der Waals surface area contributed by atoms with Crippen LogP contribution in [0.5, 0.6) is 0 Å². The number of nitrogens with one attached hydrogen (secondary N) is 2. The number of rotatable bonds is 5. The fraction of sp³-hybridized carbons (Fsp3) is 0.368. The molecule has 1 aromatic heterocycles. The molecule has 2 heterocycles. The molecule has 0 bridgehead atoms. The van der Waals surface area contributed by atoms with Gasteiger partial charge >= 0.3 is 0 Å². The van der Waals surface area contributed by atoms with Crippen molar-refractivity contribution < 1.29 is 9.59 Å². The molecule has 8 heteroatoms. The van der Waals surface area contributed by atoms with E-state index in [1.54, 1.807) is 4.90 Å². The number of nitrogens with zero attached hydrogens (tertiary/aromatic N) is 2. The fourth-order valence-electron chi connectivity index (χ4n) is 3.06. The summed E-state index contributed by atoms with van der Waals surface area (Å²) in [5.41, 5.74) is 0.954. The summed E-state index contributed by atoms with van der Waals surface area (Å²) < 4.78 is 0. The first-order valence-corrected chi connectivity index (χ1v) is 9.28. The zero-order chi connectivity index (χ0) is 19.2. The van der Waals surface area contributed by atoms with Gasteiger partial charge in [0.15, 0.2) is 0 Å². The third-order valence-corrected chi connectivity index (χ3v) is 4.85. The molecular formula is C19H21ClN4O3.